The van der Waals surface area contributed by atoms with Crippen molar-refractivity contribution in [1.82, 2.24) is 14.2 Å². The van der Waals surface area contributed by atoms with Crippen molar-refractivity contribution in [2.75, 3.05) is 5.32 Å². The molecule has 0 radical (unpaired) electrons. The molecule has 4 aromatic rings. The van der Waals surface area contributed by atoms with E-state index >= 15 is 0 Å². The summed E-state index contributed by atoms with van der Waals surface area (Å²) < 4.78 is 29.1. The second kappa shape index (κ2) is 7.07. The molecule has 0 aliphatic carbocycles. The van der Waals surface area contributed by atoms with Gasteiger partial charge >= 0.3 is 5.69 Å². The molecule has 0 fully saturated rings. The minimum atomic E-state index is -1.09. The van der Waals surface area contributed by atoms with Crippen LogP contribution in [0.25, 0.3) is 5.65 Å². The summed E-state index contributed by atoms with van der Waals surface area (Å²) in [7, 11) is 0. The number of hydrogen-bond acceptors (Lipinski definition) is 3. The number of aromatic nitrogens is 3. The van der Waals surface area contributed by atoms with Gasteiger partial charge in [0.15, 0.2) is 17.3 Å². The zero-order valence-corrected chi connectivity index (χ0v) is 14.5. The van der Waals surface area contributed by atoms with Crippen molar-refractivity contribution in [3.05, 3.63) is 100 Å². The maximum absolute atomic E-state index is 13.3. The van der Waals surface area contributed by atoms with Crippen LogP contribution < -0.4 is 11.0 Å². The summed E-state index contributed by atoms with van der Waals surface area (Å²) in [6.45, 7) is 0.218. The monoisotopic (exact) mass is 380 g/mol. The third kappa shape index (κ3) is 3.39. The molecule has 0 bridgehead atoms. The Balaban J connectivity index is 1.55. The van der Waals surface area contributed by atoms with Crippen molar-refractivity contribution in [2.24, 2.45) is 0 Å². The third-order valence-corrected chi connectivity index (χ3v) is 4.19. The predicted octanol–water partition coefficient (Wildman–Crippen LogP) is 3.07. The number of hydrogen-bond donors (Lipinski definition) is 1. The summed E-state index contributed by atoms with van der Waals surface area (Å²) in [6, 6.07) is 15.1. The maximum atomic E-state index is 13.3. The highest BCUT2D eigenvalue weighted by Crippen LogP contribution is 2.15. The Morgan fingerprint density at radius 1 is 1.00 bits per heavy atom. The number of nitrogens with zero attached hydrogens (tertiary/aromatic N) is 3. The van der Waals surface area contributed by atoms with Crippen LogP contribution in [0.5, 0.6) is 0 Å². The molecule has 0 saturated heterocycles. The summed E-state index contributed by atoms with van der Waals surface area (Å²) in [5, 5.41) is 6.90. The predicted molar refractivity (Wildman–Crippen MR) is 99.3 cm³/mol. The van der Waals surface area contributed by atoms with Crippen LogP contribution in [0.15, 0.2) is 71.7 Å². The first kappa shape index (κ1) is 17.6. The quantitative estimate of drug-likeness (QED) is 0.592. The Morgan fingerprint density at radius 3 is 2.64 bits per heavy atom. The van der Waals surface area contributed by atoms with E-state index in [1.807, 2.05) is 0 Å². The van der Waals surface area contributed by atoms with Gasteiger partial charge < -0.3 is 5.32 Å². The molecule has 140 valence electrons. The van der Waals surface area contributed by atoms with E-state index in [0.717, 1.165) is 17.7 Å². The molecule has 0 saturated carbocycles. The normalized spacial score (nSPS) is 10.9. The van der Waals surface area contributed by atoms with E-state index in [1.165, 1.54) is 15.1 Å². The largest absolute Gasteiger partial charge is 0.350 e. The van der Waals surface area contributed by atoms with Crippen molar-refractivity contribution in [3.8, 4) is 0 Å². The Bertz CT molecular complexity index is 1250. The van der Waals surface area contributed by atoms with Gasteiger partial charge in [-0.25, -0.2) is 18.3 Å². The molecule has 0 spiro atoms. The second-order valence-electron chi connectivity index (χ2n) is 6.15. The lowest BCUT2D eigenvalue weighted by atomic mass is 10.1. The first-order valence-corrected chi connectivity index (χ1v) is 8.41. The fourth-order valence-corrected chi connectivity index (χ4v) is 2.83. The van der Waals surface area contributed by atoms with E-state index in [-0.39, 0.29) is 17.8 Å². The molecule has 0 aliphatic heterocycles. The number of nitrogens with one attached hydrogen (secondary N) is 1. The van der Waals surface area contributed by atoms with Crippen LogP contribution in [0.4, 0.5) is 14.5 Å². The van der Waals surface area contributed by atoms with Gasteiger partial charge in [-0.2, -0.15) is 0 Å². The van der Waals surface area contributed by atoms with Gasteiger partial charge in [-0.1, -0.05) is 18.2 Å². The van der Waals surface area contributed by atoms with Gasteiger partial charge in [-0.05, 0) is 48.0 Å². The second-order valence-corrected chi connectivity index (χ2v) is 6.15. The lowest BCUT2D eigenvalue weighted by Gasteiger charge is -2.08. The Hall–Kier alpha value is -3.81. The summed E-state index contributed by atoms with van der Waals surface area (Å²) in [5.41, 5.74) is 1.47. The SMILES string of the molecule is O=C(Nc1cccc(Cn2nc3ccccn3c2=O)c1)c1ccc(F)c(F)c1. The highest BCUT2D eigenvalue weighted by atomic mass is 19.2. The maximum Gasteiger partial charge on any atom is 0.350 e. The highest BCUT2D eigenvalue weighted by Gasteiger charge is 2.11. The van der Waals surface area contributed by atoms with Crippen LogP contribution in [0.1, 0.15) is 15.9 Å². The smallest absolute Gasteiger partial charge is 0.322 e. The molecular weight excluding hydrogens is 366 g/mol. The standard InChI is InChI=1S/C20H14F2N4O2/c21-16-8-7-14(11-17(16)22)19(27)23-15-5-3-4-13(10-15)12-26-20(28)25-9-2-1-6-18(25)24-26/h1-11H,12H2,(H,23,27). The van der Waals surface area contributed by atoms with E-state index in [4.69, 9.17) is 0 Å². The summed E-state index contributed by atoms with van der Waals surface area (Å²) in [6.07, 6.45) is 1.64. The number of benzene rings is 2. The van der Waals surface area contributed by atoms with Gasteiger partial charge in [0, 0.05) is 17.4 Å². The van der Waals surface area contributed by atoms with Gasteiger partial charge in [-0.3, -0.25) is 9.20 Å². The molecule has 2 heterocycles. The van der Waals surface area contributed by atoms with Crippen LogP contribution >= 0.6 is 0 Å². The van der Waals surface area contributed by atoms with Crippen molar-refractivity contribution >= 4 is 17.2 Å². The average molecular weight is 380 g/mol. The molecule has 28 heavy (non-hydrogen) atoms. The van der Waals surface area contributed by atoms with E-state index in [9.17, 15) is 18.4 Å². The number of anilines is 1. The first-order valence-electron chi connectivity index (χ1n) is 8.41. The van der Waals surface area contributed by atoms with E-state index in [0.29, 0.717) is 11.3 Å². The van der Waals surface area contributed by atoms with E-state index < -0.39 is 17.5 Å². The Morgan fingerprint density at radius 2 is 1.86 bits per heavy atom. The number of amides is 1. The molecule has 0 atom stereocenters. The fraction of sp³-hybridized carbons (Fsp3) is 0.0500. The van der Waals surface area contributed by atoms with Crippen LogP contribution in [-0.4, -0.2) is 20.1 Å². The van der Waals surface area contributed by atoms with Crippen LogP contribution in [0.3, 0.4) is 0 Å². The molecule has 6 nitrogen and oxygen atoms in total. The molecule has 1 amide bonds. The Kier molecular flexibility index (Phi) is 4.44. The summed E-state index contributed by atoms with van der Waals surface area (Å²) >= 11 is 0. The highest BCUT2D eigenvalue weighted by molar-refractivity contribution is 6.04. The zero-order valence-electron chi connectivity index (χ0n) is 14.5. The number of carbonyl (C=O) groups is 1. The van der Waals surface area contributed by atoms with Gasteiger partial charge in [0.05, 0.1) is 6.54 Å². The molecule has 2 aromatic carbocycles. The van der Waals surface area contributed by atoms with Crippen molar-refractivity contribution in [1.29, 1.82) is 0 Å². The van der Waals surface area contributed by atoms with Gasteiger partial charge in [-0.15, -0.1) is 5.10 Å². The first-order chi connectivity index (χ1) is 13.5. The van der Waals surface area contributed by atoms with Crippen LogP contribution in [0.2, 0.25) is 0 Å². The Labute approximate surface area is 157 Å². The number of fused-ring (bicyclic) bond motifs is 1. The number of rotatable bonds is 4. The van der Waals surface area contributed by atoms with Gasteiger partial charge in [0.1, 0.15) is 0 Å². The number of pyridine rings is 1. The topological polar surface area (TPSA) is 68.4 Å². The number of carbonyl (C=O) groups excluding carboxylic acids is 1. The van der Waals surface area contributed by atoms with E-state index in [2.05, 4.69) is 10.4 Å². The summed E-state index contributed by atoms with van der Waals surface area (Å²) in [4.78, 5) is 24.6. The van der Waals surface area contributed by atoms with Crippen LogP contribution in [0, 0.1) is 11.6 Å². The molecule has 0 aliphatic rings. The average Bonchev–Trinajstić information content (AvgIpc) is 3.00. The fourth-order valence-electron chi connectivity index (χ4n) is 2.83. The minimum Gasteiger partial charge on any atom is -0.322 e. The third-order valence-electron chi connectivity index (χ3n) is 4.19. The molecule has 8 heteroatoms. The minimum absolute atomic E-state index is 0.000809. The molecular formula is C20H14F2N4O2. The van der Waals surface area contributed by atoms with Crippen LogP contribution in [-0.2, 0) is 6.54 Å². The molecule has 2 aromatic heterocycles. The molecule has 1 N–H and O–H groups in total. The van der Waals surface area contributed by atoms with E-state index in [1.54, 1.807) is 48.7 Å². The van der Waals surface area contributed by atoms with Gasteiger partial charge in [0.2, 0.25) is 0 Å². The van der Waals surface area contributed by atoms with Gasteiger partial charge in [0.25, 0.3) is 5.91 Å². The number of halogens is 2. The summed E-state index contributed by atoms with van der Waals surface area (Å²) in [5.74, 6) is -2.68. The molecule has 4 rings (SSSR count). The molecule has 0 unspecified atom stereocenters. The zero-order chi connectivity index (χ0) is 19.7. The lowest BCUT2D eigenvalue weighted by Crippen LogP contribution is -2.21. The van der Waals surface area contributed by atoms with Crippen molar-refractivity contribution in [2.45, 2.75) is 6.54 Å². The lowest BCUT2D eigenvalue weighted by molar-refractivity contribution is 0.102. The van der Waals surface area contributed by atoms with Crippen molar-refractivity contribution in [3.63, 3.8) is 0 Å². The van der Waals surface area contributed by atoms with Crippen molar-refractivity contribution < 1.29 is 13.6 Å².